The molecule has 15 heavy (non-hydrogen) atoms. The van der Waals surface area contributed by atoms with Gasteiger partial charge in [-0.3, -0.25) is 4.79 Å². The first kappa shape index (κ1) is 10.7. The van der Waals surface area contributed by atoms with E-state index in [1.54, 1.807) is 6.20 Å². The fourth-order valence-corrected chi connectivity index (χ4v) is 2.10. The van der Waals surface area contributed by atoms with E-state index >= 15 is 0 Å². The summed E-state index contributed by atoms with van der Waals surface area (Å²) in [7, 11) is 0. The Hall–Kier alpha value is -0.840. The third-order valence-corrected chi connectivity index (χ3v) is 3.38. The molecule has 5 heteroatoms. The SMILES string of the molecule is O=C(CBr)NCC1CC(n2ccnc2)C1. The van der Waals surface area contributed by atoms with Gasteiger partial charge in [0.05, 0.1) is 11.7 Å². The molecule has 0 saturated heterocycles. The molecule has 1 fully saturated rings. The molecule has 82 valence electrons. The Morgan fingerprint density at radius 2 is 2.40 bits per heavy atom. The average molecular weight is 272 g/mol. The van der Waals surface area contributed by atoms with E-state index in [0.29, 0.717) is 17.3 Å². The van der Waals surface area contributed by atoms with Crippen molar-refractivity contribution in [3.63, 3.8) is 0 Å². The topological polar surface area (TPSA) is 46.9 Å². The lowest BCUT2D eigenvalue weighted by Crippen LogP contribution is -2.37. The Balaban J connectivity index is 1.68. The van der Waals surface area contributed by atoms with Crippen molar-refractivity contribution < 1.29 is 4.79 Å². The van der Waals surface area contributed by atoms with Crippen LogP contribution in [0.15, 0.2) is 18.7 Å². The van der Waals surface area contributed by atoms with Crippen LogP contribution in [-0.2, 0) is 4.79 Å². The predicted octanol–water partition coefficient (Wildman–Crippen LogP) is 1.35. The van der Waals surface area contributed by atoms with Crippen LogP contribution in [0.4, 0.5) is 0 Å². The zero-order chi connectivity index (χ0) is 10.7. The van der Waals surface area contributed by atoms with Gasteiger partial charge in [-0.15, -0.1) is 0 Å². The summed E-state index contributed by atoms with van der Waals surface area (Å²) < 4.78 is 2.14. The molecule has 0 spiro atoms. The highest BCUT2D eigenvalue weighted by Gasteiger charge is 2.29. The van der Waals surface area contributed by atoms with Crippen LogP contribution in [0.25, 0.3) is 0 Å². The van der Waals surface area contributed by atoms with E-state index in [-0.39, 0.29) is 5.91 Å². The molecule has 1 aromatic heterocycles. The van der Waals surface area contributed by atoms with Gasteiger partial charge in [-0.1, -0.05) is 15.9 Å². The van der Waals surface area contributed by atoms with Crippen LogP contribution in [-0.4, -0.2) is 27.3 Å². The molecular formula is C10H14BrN3O. The maximum absolute atomic E-state index is 11.0. The second-order valence-electron chi connectivity index (χ2n) is 3.94. The molecule has 0 bridgehead atoms. The molecule has 1 aliphatic carbocycles. The zero-order valence-corrected chi connectivity index (χ0v) is 9.98. The number of alkyl halides is 1. The number of nitrogens with zero attached hydrogens (tertiary/aromatic N) is 2. The number of carbonyl (C=O) groups is 1. The van der Waals surface area contributed by atoms with Gasteiger partial charge >= 0.3 is 0 Å². The Morgan fingerprint density at radius 3 is 3.00 bits per heavy atom. The number of halogens is 1. The second kappa shape index (κ2) is 4.79. The molecular weight excluding hydrogens is 258 g/mol. The zero-order valence-electron chi connectivity index (χ0n) is 8.40. The highest BCUT2D eigenvalue weighted by atomic mass is 79.9. The van der Waals surface area contributed by atoms with Crippen LogP contribution in [0, 0.1) is 5.92 Å². The van der Waals surface area contributed by atoms with Gasteiger partial charge in [0.15, 0.2) is 0 Å². The van der Waals surface area contributed by atoms with Gasteiger partial charge in [0.2, 0.25) is 5.91 Å². The van der Waals surface area contributed by atoms with E-state index in [2.05, 4.69) is 30.8 Å². The monoisotopic (exact) mass is 271 g/mol. The highest BCUT2D eigenvalue weighted by Crippen LogP contribution is 2.36. The Kier molecular flexibility index (Phi) is 3.41. The quantitative estimate of drug-likeness (QED) is 0.841. The number of imidazole rings is 1. The molecule has 1 heterocycles. The Bertz CT molecular complexity index is 319. The minimum atomic E-state index is 0.0704. The third kappa shape index (κ3) is 2.59. The summed E-state index contributed by atoms with van der Waals surface area (Å²) in [5.41, 5.74) is 0. The van der Waals surface area contributed by atoms with E-state index in [9.17, 15) is 4.79 Å². The first-order valence-corrected chi connectivity index (χ1v) is 6.22. The number of aromatic nitrogens is 2. The molecule has 1 aliphatic rings. The molecule has 1 aromatic rings. The van der Waals surface area contributed by atoms with Crippen LogP contribution in [0.1, 0.15) is 18.9 Å². The van der Waals surface area contributed by atoms with E-state index in [0.717, 1.165) is 19.4 Å². The molecule has 1 N–H and O–H groups in total. The summed E-state index contributed by atoms with van der Waals surface area (Å²) in [6.45, 7) is 0.801. The summed E-state index contributed by atoms with van der Waals surface area (Å²) >= 11 is 3.12. The fraction of sp³-hybridized carbons (Fsp3) is 0.600. The van der Waals surface area contributed by atoms with Gasteiger partial charge < -0.3 is 9.88 Å². The first-order chi connectivity index (χ1) is 7.29. The van der Waals surface area contributed by atoms with Gasteiger partial charge in [-0.25, -0.2) is 4.98 Å². The van der Waals surface area contributed by atoms with Crippen LogP contribution in [0.3, 0.4) is 0 Å². The van der Waals surface area contributed by atoms with Crippen LogP contribution in [0.5, 0.6) is 0 Å². The fourth-order valence-electron chi connectivity index (χ4n) is 1.90. The maximum atomic E-state index is 11.0. The van der Waals surface area contributed by atoms with Crippen molar-refractivity contribution in [2.24, 2.45) is 5.92 Å². The van der Waals surface area contributed by atoms with Gasteiger partial charge in [-0.05, 0) is 18.8 Å². The minimum absolute atomic E-state index is 0.0704. The molecule has 0 atom stereocenters. The van der Waals surface area contributed by atoms with E-state index in [1.807, 2.05) is 12.5 Å². The summed E-state index contributed by atoms with van der Waals surface area (Å²) in [4.78, 5) is 15.0. The van der Waals surface area contributed by atoms with Crippen molar-refractivity contribution in [1.82, 2.24) is 14.9 Å². The van der Waals surface area contributed by atoms with Gasteiger partial charge in [0, 0.05) is 25.0 Å². The van der Waals surface area contributed by atoms with E-state index < -0.39 is 0 Å². The van der Waals surface area contributed by atoms with Crippen molar-refractivity contribution in [2.45, 2.75) is 18.9 Å². The summed E-state index contributed by atoms with van der Waals surface area (Å²) in [5.74, 6) is 0.696. The minimum Gasteiger partial charge on any atom is -0.355 e. The highest BCUT2D eigenvalue weighted by molar-refractivity contribution is 9.09. The number of hydrogen-bond acceptors (Lipinski definition) is 2. The van der Waals surface area contributed by atoms with Gasteiger partial charge in [0.25, 0.3) is 0 Å². The van der Waals surface area contributed by atoms with Crippen molar-refractivity contribution in [3.8, 4) is 0 Å². The predicted molar refractivity (Wildman–Crippen MR) is 60.8 cm³/mol. The normalized spacial score (nSPS) is 24.6. The molecule has 4 nitrogen and oxygen atoms in total. The third-order valence-electron chi connectivity index (χ3n) is 2.87. The molecule has 0 unspecified atom stereocenters. The molecule has 0 aromatic carbocycles. The summed E-state index contributed by atoms with van der Waals surface area (Å²) in [6, 6.07) is 0.582. The lowest BCUT2D eigenvalue weighted by molar-refractivity contribution is -0.118. The molecule has 0 radical (unpaired) electrons. The maximum Gasteiger partial charge on any atom is 0.230 e. The number of hydrogen-bond donors (Lipinski definition) is 1. The smallest absolute Gasteiger partial charge is 0.230 e. The molecule has 1 saturated carbocycles. The van der Waals surface area contributed by atoms with Crippen molar-refractivity contribution in [1.29, 1.82) is 0 Å². The van der Waals surface area contributed by atoms with Gasteiger partial charge in [0.1, 0.15) is 0 Å². The second-order valence-corrected chi connectivity index (χ2v) is 4.50. The number of carbonyl (C=O) groups excluding carboxylic acids is 1. The Labute approximate surface area is 97.2 Å². The van der Waals surface area contributed by atoms with Crippen LogP contribution in [0.2, 0.25) is 0 Å². The van der Waals surface area contributed by atoms with E-state index in [4.69, 9.17) is 0 Å². The van der Waals surface area contributed by atoms with Crippen LogP contribution < -0.4 is 5.32 Å². The van der Waals surface area contributed by atoms with Crippen molar-refractivity contribution >= 4 is 21.8 Å². The summed E-state index contributed by atoms with van der Waals surface area (Å²) in [5, 5.41) is 3.28. The van der Waals surface area contributed by atoms with E-state index in [1.165, 1.54) is 0 Å². The largest absolute Gasteiger partial charge is 0.355 e. The average Bonchev–Trinajstić information content (AvgIpc) is 2.68. The molecule has 1 amide bonds. The lowest BCUT2D eigenvalue weighted by Gasteiger charge is -2.36. The lowest BCUT2D eigenvalue weighted by atomic mass is 9.80. The summed E-state index contributed by atoms with van der Waals surface area (Å²) in [6.07, 6.45) is 7.94. The van der Waals surface area contributed by atoms with Crippen LogP contribution >= 0.6 is 15.9 Å². The van der Waals surface area contributed by atoms with Crippen molar-refractivity contribution in [2.75, 3.05) is 11.9 Å². The first-order valence-electron chi connectivity index (χ1n) is 5.09. The Morgan fingerprint density at radius 1 is 1.60 bits per heavy atom. The number of amides is 1. The number of rotatable bonds is 4. The standard InChI is InChI=1S/C10H14BrN3O/c11-5-10(15)13-6-8-3-9(4-8)14-2-1-12-7-14/h1-2,7-9H,3-6H2,(H,13,15). The van der Waals surface area contributed by atoms with Crippen molar-refractivity contribution in [3.05, 3.63) is 18.7 Å². The number of nitrogens with one attached hydrogen (secondary N) is 1. The molecule has 0 aliphatic heterocycles. The molecule has 2 rings (SSSR count). The van der Waals surface area contributed by atoms with Gasteiger partial charge in [-0.2, -0.15) is 0 Å².